The van der Waals surface area contributed by atoms with Gasteiger partial charge in [0.1, 0.15) is 10.6 Å². The summed E-state index contributed by atoms with van der Waals surface area (Å²) in [6, 6.07) is 3.07. The van der Waals surface area contributed by atoms with Crippen LogP contribution in [0.3, 0.4) is 0 Å². The molecular formula is C16H18N2O3S. The molecule has 2 aromatic heterocycles. The molecular weight excluding hydrogens is 300 g/mol. The van der Waals surface area contributed by atoms with Gasteiger partial charge in [0.05, 0.1) is 6.04 Å². The molecule has 2 heterocycles. The fraction of sp³-hybridized carbons (Fsp3) is 0.375. The largest absolute Gasteiger partial charge is 0.443 e. The minimum Gasteiger partial charge on any atom is -0.443 e. The zero-order valence-corrected chi connectivity index (χ0v) is 13.8. The topological polar surface area (TPSA) is 66.6 Å². The zero-order chi connectivity index (χ0) is 16.3. The summed E-state index contributed by atoms with van der Waals surface area (Å²) < 4.78 is 5.44. The molecule has 6 heteroatoms. The van der Waals surface area contributed by atoms with Gasteiger partial charge in [-0.05, 0) is 38.8 Å². The van der Waals surface area contributed by atoms with Crippen molar-refractivity contribution in [3.8, 4) is 11.8 Å². The fourth-order valence-corrected chi connectivity index (χ4v) is 2.43. The van der Waals surface area contributed by atoms with Crippen LogP contribution in [0, 0.1) is 11.8 Å². The highest BCUT2D eigenvalue weighted by Crippen LogP contribution is 2.23. The lowest BCUT2D eigenvalue weighted by atomic mass is 10.1. The number of thiazole rings is 1. The third-order valence-corrected chi connectivity index (χ3v) is 3.96. The van der Waals surface area contributed by atoms with E-state index in [9.17, 15) is 9.90 Å². The molecule has 5 nitrogen and oxygen atoms in total. The summed E-state index contributed by atoms with van der Waals surface area (Å²) in [6.07, 6.45) is 1.71. The van der Waals surface area contributed by atoms with Crippen LogP contribution in [0.5, 0.6) is 0 Å². The number of hydrogen-bond donors (Lipinski definition) is 1. The Morgan fingerprint density at radius 2 is 2.23 bits per heavy atom. The van der Waals surface area contributed by atoms with Gasteiger partial charge in [-0.1, -0.05) is 5.92 Å². The Morgan fingerprint density at radius 1 is 1.50 bits per heavy atom. The first-order valence-corrected chi connectivity index (χ1v) is 7.68. The Balaban J connectivity index is 2.13. The summed E-state index contributed by atoms with van der Waals surface area (Å²) >= 11 is 1.50. The summed E-state index contributed by atoms with van der Waals surface area (Å²) in [5.41, 5.74) is -1.10. The number of aliphatic hydroxyl groups is 1. The Kier molecular flexibility index (Phi) is 4.69. The molecule has 0 aromatic carbocycles. The van der Waals surface area contributed by atoms with Crippen molar-refractivity contribution in [2.45, 2.75) is 32.4 Å². The minimum atomic E-state index is -1.10. The maximum Gasteiger partial charge on any atom is 0.289 e. The molecule has 2 rings (SSSR count). The first-order chi connectivity index (χ1) is 10.3. The van der Waals surface area contributed by atoms with Gasteiger partial charge in [0, 0.05) is 18.6 Å². The summed E-state index contributed by atoms with van der Waals surface area (Å²) in [5.74, 6) is 5.68. The van der Waals surface area contributed by atoms with E-state index in [1.54, 1.807) is 44.1 Å². The van der Waals surface area contributed by atoms with Gasteiger partial charge in [-0.2, -0.15) is 0 Å². The van der Waals surface area contributed by atoms with E-state index in [4.69, 9.17) is 4.42 Å². The van der Waals surface area contributed by atoms with E-state index in [-0.39, 0.29) is 17.7 Å². The lowest BCUT2D eigenvalue weighted by molar-refractivity contribution is 0.0709. The number of carbonyl (C=O) groups excluding carboxylic acids is 1. The van der Waals surface area contributed by atoms with Gasteiger partial charge >= 0.3 is 0 Å². The van der Waals surface area contributed by atoms with Crippen LogP contribution in [0.4, 0.5) is 0 Å². The molecule has 0 aliphatic heterocycles. The van der Waals surface area contributed by atoms with E-state index in [0.29, 0.717) is 5.76 Å². The predicted octanol–water partition coefficient (Wildman–Crippen LogP) is 2.69. The lowest BCUT2D eigenvalue weighted by Gasteiger charge is -2.21. The molecule has 22 heavy (non-hydrogen) atoms. The number of hydrogen-bond acceptors (Lipinski definition) is 5. The highest BCUT2D eigenvalue weighted by Gasteiger charge is 2.23. The molecule has 0 saturated carbocycles. The molecule has 0 bridgehead atoms. The molecule has 0 radical (unpaired) electrons. The highest BCUT2D eigenvalue weighted by atomic mass is 32.1. The molecule has 0 aliphatic carbocycles. The lowest BCUT2D eigenvalue weighted by Crippen LogP contribution is -2.29. The Hall–Kier alpha value is -2.10. The molecule has 0 aliphatic rings. The number of amides is 1. The van der Waals surface area contributed by atoms with Crippen LogP contribution in [0.25, 0.3) is 0 Å². The first kappa shape index (κ1) is 16.3. The van der Waals surface area contributed by atoms with Gasteiger partial charge < -0.3 is 14.4 Å². The van der Waals surface area contributed by atoms with Gasteiger partial charge in [0.15, 0.2) is 11.5 Å². The molecule has 1 atom stereocenters. The number of nitrogens with zero attached hydrogens (tertiary/aromatic N) is 2. The van der Waals surface area contributed by atoms with Gasteiger partial charge in [-0.15, -0.1) is 11.3 Å². The Morgan fingerprint density at radius 3 is 2.82 bits per heavy atom. The zero-order valence-electron chi connectivity index (χ0n) is 13.0. The van der Waals surface area contributed by atoms with Crippen LogP contribution in [0.1, 0.15) is 48.1 Å². The van der Waals surface area contributed by atoms with Crippen LogP contribution in [0.15, 0.2) is 28.1 Å². The van der Waals surface area contributed by atoms with Crippen molar-refractivity contribution >= 4 is 17.2 Å². The molecule has 1 N–H and O–H groups in total. The van der Waals surface area contributed by atoms with Gasteiger partial charge in [-0.25, -0.2) is 4.98 Å². The summed E-state index contributed by atoms with van der Waals surface area (Å²) in [7, 11) is 1.71. The van der Waals surface area contributed by atoms with Crippen LogP contribution in [0.2, 0.25) is 0 Å². The number of aromatic nitrogens is 1. The maximum atomic E-state index is 12.4. The van der Waals surface area contributed by atoms with E-state index < -0.39 is 5.60 Å². The van der Waals surface area contributed by atoms with Gasteiger partial charge in [0.2, 0.25) is 0 Å². The van der Waals surface area contributed by atoms with E-state index in [1.807, 2.05) is 12.3 Å². The second-order valence-corrected chi connectivity index (χ2v) is 6.36. The predicted molar refractivity (Wildman–Crippen MR) is 84.5 cm³/mol. The highest BCUT2D eigenvalue weighted by molar-refractivity contribution is 7.09. The molecule has 0 unspecified atom stereocenters. The molecule has 0 fully saturated rings. The average Bonchev–Trinajstić information content (AvgIpc) is 3.13. The number of furan rings is 1. The van der Waals surface area contributed by atoms with Crippen molar-refractivity contribution in [3.05, 3.63) is 40.2 Å². The molecule has 0 saturated heterocycles. The summed E-state index contributed by atoms with van der Waals surface area (Å²) in [4.78, 5) is 18.2. The van der Waals surface area contributed by atoms with Crippen molar-refractivity contribution in [2.24, 2.45) is 0 Å². The standard InChI is InChI=1S/C16H18N2O3S/c1-11(14-17-9-10-22-14)18(4)15(19)13-6-5-12(21-13)7-8-16(2,3)20/h5-6,9-11,20H,1-4H3/t11-/m1/s1. The molecule has 116 valence electrons. The van der Waals surface area contributed by atoms with E-state index >= 15 is 0 Å². The molecule has 1 amide bonds. The second kappa shape index (κ2) is 6.34. The summed E-state index contributed by atoms with van der Waals surface area (Å²) in [6.45, 7) is 5.08. The third-order valence-electron chi connectivity index (χ3n) is 3.02. The van der Waals surface area contributed by atoms with Gasteiger partial charge in [0.25, 0.3) is 5.91 Å². The van der Waals surface area contributed by atoms with Crippen molar-refractivity contribution < 1.29 is 14.3 Å². The normalized spacial score (nSPS) is 12.4. The van der Waals surface area contributed by atoms with Crippen LogP contribution < -0.4 is 0 Å². The van der Waals surface area contributed by atoms with E-state index in [0.717, 1.165) is 5.01 Å². The second-order valence-electron chi connectivity index (χ2n) is 5.44. The van der Waals surface area contributed by atoms with E-state index in [2.05, 4.69) is 16.8 Å². The molecule has 2 aromatic rings. The third kappa shape index (κ3) is 3.97. The SMILES string of the molecule is C[C@H](c1nccs1)N(C)C(=O)c1ccc(C#CC(C)(C)O)o1. The van der Waals surface area contributed by atoms with Crippen LogP contribution in [-0.4, -0.2) is 33.5 Å². The first-order valence-electron chi connectivity index (χ1n) is 6.80. The fourth-order valence-electron chi connectivity index (χ4n) is 1.69. The van der Waals surface area contributed by atoms with Crippen molar-refractivity contribution in [1.82, 2.24) is 9.88 Å². The Labute approximate surface area is 133 Å². The smallest absolute Gasteiger partial charge is 0.289 e. The Bertz CT molecular complexity index is 702. The number of carbonyl (C=O) groups is 1. The van der Waals surface area contributed by atoms with Crippen molar-refractivity contribution in [2.75, 3.05) is 7.05 Å². The van der Waals surface area contributed by atoms with Gasteiger partial charge in [-0.3, -0.25) is 4.79 Å². The minimum absolute atomic E-state index is 0.136. The van der Waals surface area contributed by atoms with Crippen molar-refractivity contribution in [1.29, 1.82) is 0 Å². The average molecular weight is 318 g/mol. The van der Waals surface area contributed by atoms with Crippen molar-refractivity contribution in [3.63, 3.8) is 0 Å². The molecule has 0 spiro atoms. The quantitative estimate of drug-likeness (QED) is 0.884. The monoisotopic (exact) mass is 318 g/mol. The van der Waals surface area contributed by atoms with Crippen LogP contribution in [-0.2, 0) is 0 Å². The van der Waals surface area contributed by atoms with Crippen LogP contribution >= 0.6 is 11.3 Å². The maximum absolute atomic E-state index is 12.4. The number of rotatable bonds is 3. The van der Waals surface area contributed by atoms with E-state index in [1.165, 1.54) is 11.3 Å². The summed E-state index contributed by atoms with van der Waals surface area (Å²) in [5, 5.41) is 12.3.